The lowest BCUT2D eigenvalue weighted by atomic mass is 10.1. The summed E-state index contributed by atoms with van der Waals surface area (Å²) < 4.78 is 4.23. The Morgan fingerprint density at radius 1 is 1.56 bits per heavy atom. The third-order valence-corrected chi connectivity index (χ3v) is 1.09. The summed E-state index contributed by atoms with van der Waals surface area (Å²) in [6, 6.07) is 0. The molecule has 1 unspecified atom stereocenters. The van der Waals surface area contributed by atoms with Crippen molar-refractivity contribution < 1.29 is 14.3 Å². The van der Waals surface area contributed by atoms with Crippen LogP contribution in [-0.2, 0) is 14.3 Å². The zero-order valence-corrected chi connectivity index (χ0v) is 4.96. The Morgan fingerprint density at radius 3 is 2.67 bits per heavy atom. The number of hydrogen-bond acceptors (Lipinski definition) is 3. The van der Waals surface area contributed by atoms with Crippen LogP contribution in [0.4, 0.5) is 0 Å². The minimum Gasteiger partial charge on any atom is -0.389 e. The van der Waals surface area contributed by atoms with Gasteiger partial charge in [-0.25, -0.2) is 4.79 Å². The maximum Gasteiger partial charge on any atom is 0.338 e. The van der Waals surface area contributed by atoms with Crippen molar-refractivity contribution in [2.75, 3.05) is 0 Å². The number of esters is 2. The van der Waals surface area contributed by atoms with Gasteiger partial charge >= 0.3 is 11.9 Å². The largest absolute Gasteiger partial charge is 0.389 e. The molecule has 0 saturated heterocycles. The van der Waals surface area contributed by atoms with E-state index in [9.17, 15) is 9.59 Å². The minimum atomic E-state index is -0.571. The lowest BCUT2D eigenvalue weighted by molar-refractivity contribution is -0.159. The lowest BCUT2D eigenvalue weighted by Gasteiger charge is -2.07. The van der Waals surface area contributed by atoms with Crippen LogP contribution in [0.15, 0.2) is 12.2 Å². The van der Waals surface area contributed by atoms with Gasteiger partial charge in [-0.2, -0.15) is 0 Å². The molecule has 0 aliphatic carbocycles. The molecule has 1 atom stereocenters. The standard InChI is InChI=1S/C6H6O3/c1-4-2-3-5(7)9-6(4)8/h2-4H,1H3. The van der Waals surface area contributed by atoms with Gasteiger partial charge in [-0.15, -0.1) is 0 Å². The van der Waals surface area contributed by atoms with E-state index in [1.54, 1.807) is 6.92 Å². The summed E-state index contributed by atoms with van der Waals surface area (Å²) in [5, 5.41) is 0. The molecule has 1 aliphatic heterocycles. The zero-order valence-electron chi connectivity index (χ0n) is 4.96. The Balaban J connectivity index is 2.76. The van der Waals surface area contributed by atoms with Gasteiger partial charge < -0.3 is 4.74 Å². The van der Waals surface area contributed by atoms with Crippen molar-refractivity contribution in [3.8, 4) is 0 Å². The molecule has 0 aromatic carbocycles. The van der Waals surface area contributed by atoms with Crippen LogP contribution in [0.25, 0.3) is 0 Å². The van der Waals surface area contributed by atoms with Crippen LogP contribution in [0.5, 0.6) is 0 Å². The molecule has 0 spiro atoms. The highest BCUT2D eigenvalue weighted by Gasteiger charge is 2.18. The van der Waals surface area contributed by atoms with Gasteiger partial charge in [0, 0.05) is 6.08 Å². The Kier molecular flexibility index (Phi) is 1.34. The normalized spacial score (nSPS) is 26.1. The summed E-state index contributed by atoms with van der Waals surface area (Å²) in [6.07, 6.45) is 2.78. The van der Waals surface area contributed by atoms with Gasteiger partial charge in [0.1, 0.15) is 0 Å². The average molecular weight is 126 g/mol. The van der Waals surface area contributed by atoms with Crippen LogP contribution >= 0.6 is 0 Å². The molecule has 0 fully saturated rings. The van der Waals surface area contributed by atoms with E-state index >= 15 is 0 Å². The summed E-state index contributed by atoms with van der Waals surface area (Å²) in [5.41, 5.74) is 0. The Hall–Kier alpha value is -1.12. The van der Waals surface area contributed by atoms with E-state index in [1.807, 2.05) is 0 Å². The Morgan fingerprint density at radius 2 is 2.22 bits per heavy atom. The van der Waals surface area contributed by atoms with E-state index in [4.69, 9.17) is 0 Å². The summed E-state index contributed by atoms with van der Waals surface area (Å²) >= 11 is 0. The number of carbonyl (C=O) groups is 2. The number of cyclic esters (lactones) is 2. The third kappa shape index (κ3) is 1.16. The average Bonchev–Trinajstić information content (AvgIpc) is 1.80. The summed E-state index contributed by atoms with van der Waals surface area (Å²) in [4.78, 5) is 20.8. The molecule has 48 valence electrons. The van der Waals surface area contributed by atoms with E-state index in [2.05, 4.69) is 4.74 Å². The fourth-order valence-corrected chi connectivity index (χ4v) is 0.528. The molecule has 1 heterocycles. The maximum absolute atomic E-state index is 10.5. The van der Waals surface area contributed by atoms with Crippen molar-refractivity contribution in [1.82, 2.24) is 0 Å². The first-order valence-electron chi connectivity index (χ1n) is 2.64. The van der Waals surface area contributed by atoms with Crippen LogP contribution in [0.1, 0.15) is 6.92 Å². The highest BCUT2D eigenvalue weighted by molar-refractivity contribution is 5.96. The van der Waals surface area contributed by atoms with E-state index < -0.39 is 11.9 Å². The molecule has 0 bridgehead atoms. The van der Waals surface area contributed by atoms with Crippen molar-refractivity contribution in [2.45, 2.75) is 6.92 Å². The van der Waals surface area contributed by atoms with E-state index in [-0.39, 0.29) is 5.92 Å². The molecule has 9 heavy (non-hydrogen) atoms. The number of carbonyl (C=O) groups excluding carboxylic acids is 2. The highest BCUT2D eigenvalue weighted by atomic mass is 16.6. The molecule has 1 aliphatic rings. The van der Waals surface area contributed by atoms with Crippen molar-refractivity contribution in [3.63, 3.8) is 0 Å². The molecular weight excluding hydrogens is 120 g/mol. The van der Waals surface area contributed by atoms with Gasteiger partial charge in [-0.1, -0.05) is 6.08 Å². The van der Waals surface area contributed by atoms with Crippen molar-refractivity contribution in [1.29, 1.82) is 0 Å². The molecule has 3 nitrogen and oxygen atoms in total. The predicted octanol–water partition coefficient (Wildman–Crippen LogP) is 0.262. The molecule has 0 aromatic heterocycles. The predicted molar refractivity (Wildman–Crippen MR) is 29.4 cm³/mol. The number of rotatable bonds is 0. The molecule has 0 amide bonds. The Bertz CT molecular complexity index is 181. The smallest absolute Gasteiger partial charge is 0.338 e. The highest BCUT2D eigenvalue weighted by Crippen LogP contribution is 2.06. The molecule has 0 N–H and O–H groups in total. The van der Waals surface area contributed by atoms with Gasteiger partial charge in [0.2, 0.25) is 0 Å². The summed E-state index contributed by atoms with van der Waals surface area (Å²) in [5.74, 6) is -1.32. The third-order valence-electron chi connectivity index (χ3n) is 1.09. The first kappa shape index (κ1) is 6.01. The second kappa shape index (κ2) is 2.01. The fraction of sp³-hybridized carbons (Fsp3) is 0.333. The van der Waals surface area contributed by atoms with Crippen molar-refractivity contribution in [3.05, 3.63) is 12.2 Å². The van der Waals surface area contributed by atoms with E-state index in [0.29, 0.717) is 0 Å². The van der Waals surface area contributed by atoms with E-state index in [1.165, 1.54) is 12.2 Å². The van der Waals surface area contributed by atoms with Crippen LogP contribution in [-0.4, -0.2) is 11.9 Å². The molecule has 0 radical (unpaired) electrons. The molecule has 0 aromatic rings. The van der Waals surface area contributed by atoms with Gasteiger partial charge in [-0.3, -0.25) is 4.79 Å². The van der Waals surface area contributed by atoms with Crippen LogP contribution < -0.4 is 0 Å². The lowest BCUT2D eigenvalue weighted by Crippen LogP contribution is -2.20. The number of ether oxygens (including phenoxy) is 1. The van der Waals surface area contributed by atoms with E-state index in [0.717, 1.165) is 0 Å². The SMILES string of the molecule is CC1C=CC(=O)OC1=O. The maximum atomic E-state index is 10.5. The second-order valence-electron chi connectivity index (χ2n) is 1.89. The molecule has 0 saturated carbocycles. The first-order chi connectivity index (χ1) is 4.20. The van der Waals surface area contributed by atoms with Crippen LogP contribution in [0, 0.1) is 5.92 Å². The quantitative estimate of drug-likeness (QED) is 0.345. The summed E-state index contributed by atoms with van der Waals surface area (Å²) in [6.45, 7) is 1.67. The fourth-order valence-electron chi connectivity index (χ4n) is 0.528. The van der Waals surface area contributed by atoms with Crippen molar-refractivity contribution in [2.24, 2.45) is 5.92 Å². The monoisotopic (exact) mass is 126 g/mol. The number of hydrogen-bond donors (Lipinski definition) is 0. The van der Waals surface area contributed by atoms with Gasteiger partial charge in [0.15, 0.2) is 0 Å². The first-order valence-corrected chi connectivity index (χ1v) is 2.64. The Labute approximate surface area is 52.3 Å². The van der Waals surface area contributed by atoms with Gasteiger partial charge in [0.25, 0.3) is 0 Å². The molecular formula is C6H6O3. The second-order valence-corrected chi connectivity index (χ2v) is 1.89. The zero-order chi connectivity index (χ0) is 6.85. The van der Waals surface area contributed by atoms with Gasteiger partial charge in [0.05, 0.1) is 5.92 Å². The molecule has 1 rings (SSSR count). The van der Waals surface area contributed by atoms with Crippen LogP contribution in [0.3, 0.4) is 0 Å². The van der Waals surface area contributed by atoms with Gasteiger partial charge in [-0.05, 0) is 6.92 Å². The summed E-state index contributed by atoms with van der Waals surface area (Å²) in [7, 11) is 0. The van der Waals surface area contributed by atoms with Crippen LogP contribution in [0.2, 0.25) is 0 Å². The topological polar surface area (TPSA) is 43.4 Å². The van der Waals surface area contributed by atoms with Crippen molar-refractivity contribution >= 4 is 11.9 Å². The minimum absolute atomic E-state index is 0.275. The molecule has 3 heteroatoms.